The third-order valence-electron chi connectivity index (χ3n) is 3.25. The van der Waals surface area contributed by atoms with E-state index in [1.54, 1.807) is 7.11 Å². The molecule has 0 aliphatic carbocycles. The summed E-state index contributed by atoms with van der Waals surface area (Å²) in [7, 11) is 5.67. The summed E-state index contributed by atoms with van der Waals surface area (Å²) in [6.07, 6.45) is 0. The van der Waals surface area contributed by atoms with E-state index in [0.717, 1.165) is 22.7 Å². The van der Waals surface area contributed by atoms with Crippen LogP contribution in [0.25, 0.3) is 0 Å². The maximum atomic E-state index is 5.90. The predicted molar refractivity (Wildman–Crippen MR) is 92.7 cm³/mol. The molecule has 116 valence electrons. The second-order valence-electron chi connectivity index (χ2n) is 5.12. The SMILES string of the molecule is COc1ccc(NC(N)=NCc2ccc(N(C)C)cc2)cc1. The third kappa shape index (κ3) is 4.41. The summed E-state index contributed by atoms with van der Waals surface area (Å²) in [4.78, 5) is 6.41. The van der Waals surface area contributed by atoms with E-state index >= 15 is 0 Å². The van der Waals surface area contributed by atoms with Gasteiger partial charge in [-0.15, -0.1) is 0 Å². The molecule has 5 nitrogen and oxygen atoms in total. The lowest BCUT2D eigenvalue weighted by Crippen LogP contribution is -2.22. The van der Waals surface area contributed by atoms with Crippen LogP contribution >= 0.6 is 0 Å². The topological polar surface area (TPSA) is 62.9 Å². The number of guanidine groups is 1. The molecule has 0 amide bonds. The zero-order valence-corrected chi connectivity index (χ0v) is 13.2. The van der Waals surface area contributed by atoms with Gasteiger partial charge < -0.3 is 20.7 Å². The molecule has 0 aliphatic heterocycles. The van der Waals surface area contributed by atoms with Crippen molar-refractivity contribution in [3.63, 3.8) is 0 Å². The molecule has 0 spiro atoms. The van der Waals surface area contributed by atoms with Crippen LogP contribution in [0.2, 0.25) is 0 Å². The molecule has 2 aromatic rings. The first kappa shape index (κ1) is 15.7. The molecule has 0 aliphatic rings. The lowest BCUT2D eigenvalue weighted by molar-refractivity contribution is 0.415. The van der Waals surface area contributed by atoms with Crippen LogP contribution < -0.4 is 20.7 Å². The zero-order chi connectivity index (χ0) is 15.9. The van der Waals surface area contributed by atoms with Gasteiger partial charge in [0.05, 0.1) is 13.7 Å². The molecule has 3 N–H and O–H groups in total. The van der Waals surface area contributed by atoms with E-state index < -0.39 is 0 Å². The molecule has 0 bridgehead atoms. The number of benzene rings is 2. The van der Waals surface area contributed by atoms with Crippen molar-refractivity contribution in [1.82, 2.24) is 0 Å². The summed E-state index contributed by atoms with van der Waals surface area (Å²) in [5, 5.41) is 3.06. The minimum atomic E-state index is 0.391. The van der Waals surface area contributed by atoms with E-state index in [0.29, 0.717) is 12.5 Å². The van der Waals surface area contributed by atoms with Gasteiger partial charge in [0.15, 0.2) is 5.96 Å². The minimum absolute atomic E-state index is 0.391. The molecular formula is C17H22N4O. The highest BCUT2D eigenvalue weighted by molar-refractivity contribution is 5.92. The van der Waals surface area contributed by atoms with E-state index in [9.17, 15) is 0 Å². The van der Waals surface area contributed by atoms with E-state index in [-0.39, 0.29) is 0 Å². The molecule has 22 heavy (non-hydrogen) atoms. The van der Waals surface area contributed by atoms with Crippen molar-refractivity contribution in [3.8, 4) is 5.75 Å². The summed E-state index contributed by atoms with van der Waals surface area (Å²) in [6.45, 7) is 0.544. The highest BCUT2D eigenvalue weighted by Crippen LogP contribution is 2.15. The normalized spacial score (nSPS) is 11.1. The first-order valence-electron chi connectivity index (χ1n) is 7.06. The molecule has 0 fully saturated rings. The van der Waals surface area contributed by atoms with Crippen molar-refractivity contribution in [2.45, 2.75) is 6.54 Å². The molecule has 0 heterocycles. The lowest BCUT2D eigenvalue weighted by atomic mass is 10.2. The Morgan fingerprint density at radius 3 is 2.27 bits per heavy atom. The number of rotatable bonds is 5. The van der Waals surface area contributed by atoms with E-state index in [1.807, 2.05) is 38.4 Å². The fraction of sp³-hybridized carbons (Fsp3) is 0.235. The number of anilines is 2. The number of hydrogen-bond acceptors (Lipinski definition) is 3. The second-order valence-corrected chi connectivity index (χ2v) is 5.12. The van der Waals surface area contributed by atoms with Crippen LogP contribution in [0, 0.1) is 0 Å². The fourth-order valence-corrected chi connectivity index (χ4v) is 1.94. The summed E-state index contributed by atoms with van der Waals surface area (Å²) in [6, 6.07) is 15.8. The minimum Gasteiger partial charge on any atom is -0.497 e. The van der Waals surface area contributed by atoms with Gasteiger partial charge in [0.1, 0.15) is 5.75 Å². The highest BCUT2D eigenvalue weighted by Gasteiger charge is 1.98. The number of hydrogen-bond donors (Lipinski definition) is 2. The van der Waals surface area contributed by atoms with Gasteiger partial charge in [-0.25, -0.2) is 4.99 Å². The van der Waals surface area contributed by atoms with Crippen LogP contribution in [-0.2, 0) is 6.54 Å². The molecule has 0 atom stereocenters. The van der Waals surface area contributed by atoms with Crippen molar-refractivity contribution in [2.24, 2.45) is 10.7 Å². The largest absolute Gasteiger partial charge is 0.497 e. The Kier molecular flexibility index (Phi) is 5.25. The van der Waals surface area contributed by atoms with Crippen molar-refractivity contribution in [2.75, 3.05) is 31.4 Å². The van der Waals surface area contributed by atoms with Gasteiger partial charge in [-0.05, 0) is 42.0 Å². The molecule has 0 unspecified atom stereocenters. The quantitative estimate of drug-likeness (QED) is 0.658. The predicted octanol–water partition coefficient (Wildman–Crippen LogP) is 2.69. The first-order valence-corrected chi connectivity index (χ1v) is 7.06. The maximum absolute atomic E-state index is 5.90. The van der Waals surface area contributed by atoms with Crippen molar-refractivity contribution >= 4 is 17.3 Å². The fourth-order valence-electron chi connectivity index (χ4n) is 1.94. The van der Waals surface area contributed by atoms with Crippen molar-refractivity contribution in [3.05, 3.63) is 54.1 Å². The van der Waals surface area contributed by atoms with Crippen molar-refractivity contribution in [1.29, 1.82) is 0 Å². The van der Waals surface area contributed by atoms with Crippen LogP contribution in [0.4, 0.5) is 11.4 Å². The van der Waals surface area contributed by atoms with Gasteiger partial charge in [-0.1, -0.05) is 12.1 Å². The molecule has 0 aromatic heterocycles. The molecule has 5 heteroatoms. The Morgan fingerprint density at radius 2 is 1.73 bits per heavy atom. The Morgan fingerprint density at radius 1 is 1.09 bits per heavy atom. The first-order chi connectivity index (χ1) is 10.6. The molecule has 2 rings (SSSR count). The molecule has 0 radical (unpaired) electrons. The summed E-state index contributed by atoms with van der Waals surface area (Å²) in [5.41, 5.74) is 9.06. The number of ether oxygens (including phenoxy) is 1. The number of nitrogens with two attached hydrogens (primary N) is 1. The number of nitrogens with zero attached hydrogens (tertiary/aromatic N) is 2. The summed E-state index contributed by atoms with van der Waals surface area (Å²) < 4.78 is 5.11. The Hall–Kier alpha value is -2.69. The van der Waals surface area contributed by atoms with E-state index in [2.05, 4.69) is 39.5 Å². The molecule has 0 saturated heterocycles. The van der Waals surface area contributed by atoms with Crippen LogP contribution in [0.15, 0.2) is 53.5 Å². The average Bonchev–Trinajstić information content (AvgIpc) is 2.54. The smallest absolute Gasteiger partial charge is 0.193 e. The van der Waals surface area contributed by atoms with E-state index in [1.165, 1.54) is 0 Å². The van der Waals surface area contributed by atoms with Gasteiger partial charge in [0, 0.05) is 25.5 Å². The monoisotopic (exact) mass is 298 g/mol. The van der Waals surface area contributed by atoms with Crippen LogP contribution in [0.5, 0.6) is 5.75 Å². The second kappa shape index (κ2) is 7.36. The summed E-state index contributed by atoms with van der Waals surface area (Å²) in [5.74, 6) is 1.20. The van der Waals surface area contributed by atoms with Crippen LogP contribution in [0.1, 0.15) is 5.56 Å². The standard InChI is InChI=1S/C17H22N4O/c1-21(2)15-8-4-13(5-9-15)12-19-17(18)20-14-6-10-16(22-3)11-7-14/h4-11H,12H2,1-3H3,(H3,18,19,20). The summed E-state index contributed by atoms with van der Waals surface area (Å²) >= 11 is 0. The third-order valence-corrected chi connectivity index (χ3v) is 3.25. The van der Waals surface area contributed by atoms with Crippen LogP contribution in [-0.4, -0.2) is 27.2 Å². The Bertz CT molecular complexity index is 618. The van der Waals surface area contributed by atoms with Gasteiger partial charge >= 0.3 is 0 Å². The zero-order valence-electron chi connectivity index (χ0n) is 13.2. The maximum Gasteiger partial charge on any atom is 0.193 e. The number of aliphatic imine (C=N–C) groups is 1. The molecule has 2 aromatic carbocycles. The van der Waals surface area contributed by atoms with Crippen LogP contribution in [0.3, 0.4) is 0 Å². The van der Waals surface area contributed by atoms with Gasteiger partial charge in [-0.3, -0.25) is 0 Å². The Balaban J connectivity index is 1.93. The number of nitrogens with one attached hydrogen (secondary N) is 1. The number of methoxy groups -OCH3 is 1. The van der Waals surface area contributed by atoms with E-state index in [4.69, 9.17) is 10.5 Å². The van der Waals surface area contributed by atoms with Crippen molar-refractivity contribution < 1.29 is 4.74 Å². The van der Waals surface area contributed by atoms with Gasteiger partial charge in [-0.2, -0.15) is 0 Å². The van der Waals surface area contributed by atoms with Gasteiger partial charge in [0.2, 0.25) is 0 Å². The Labute approximate surface area is 131 Å². The molecular weight excluding hydrogens is 276 g/mol. The molecule has 0 saturated carbocycles. The highest BCUT2D eigenvalue weighted by atomic mass is 16.5. The average molecular weight is 298 g/mol. The lowest BCUT2D eigenvalue weighted by Gasteiger charge is -2.12. The van der Waals surface area contributed by atoms with Gasteiger partial charge in [0.25, 0.3) is 0 Å².